The molecule has 0 atom stereocenters. The van der Waals surface area contributed by atoms with Crippen LogP contribution in [-0.4, -0.2) is 45.2 Å². The number of benzene rings is 1. The molecule has 0 saturated carbocycles. The smallest absolute Gasteiger partial charge is 0.353 e. The standard InChI is InChI=1S/C23H22F3N7OS/c1-14-7-19(32-31-14)28-18-9-20(33-12-22(2,11-27)13-33)30-21(29-18)35-17-5-3-15(4-6-17)8-16(34)10-23(24,25)26/h3-7,9H,8,10,12-13H2,1-2H3,(H2,28,29,30,31,32). The van der Waals surface area contributed by atoms with Crippen molar-refractivity contribution in [2.45, 2.75) is 42.9 Å². The Morgan fingerprint density at radius 2 is 1.94 bits per heavy atom. The number of alkyl halides is 3. The van der Waals surface area contributed by atoms with Crippen LogP contribution in [-0.2, 0) is 11.2 Å². The number of nitrogens with zero attached hydrogens (tertiary/aromatic N) is 5. The first kappa shape index (κ1) is 24.5. The third kappa shape index (κ3) is 6.51. The highest BCUT2D eigenvalue weighted by Gasteiger charge is 2.40. The number of carbonyl (C=O) groups is 1. The number of nitriles is 1. The third-order valence-electron chi connectivity index (χ3n) is 5.26. The lowest BCUT2D eigenvalue weighted by Crippen LogP contribution is -2.54. The fourth-order valence-electron chi connectivity index (χ4n) is 3.62. The number of Topliss-reactive ketones (excluding diaryl/α,β-unsaturated/α-hetero) is 1. The van der Waals surface area contributed by atoms with Gasteiger partial charge in [-0.05, 0) is 43.3 Å². The number of hydrogen-bond acceptors (Lipinski definition) is 8. The van der Waals surface area contributed by atoms with Crippen molar-refractivity contribution < 1.29 is 18.0 Å². The van der Waals surface area contributed by atoms with Crippen molar-refractivity contribution >= 4 is 35.0 Å². The summed E-state index contributed by atoms with van der Waals surface area (Å²) < 4.78 is 37.2. The number of anilines is 3. The first-order valence-electron chi connectivity index (χ1n) is 10.7. The Labute approximate surface area is 204 Å². The van der Waals surface area contributed by atoms with E-state index in [-0.39, 0.29) is 6.42 Å². The molecule has 0 unspecified atom stereocenters. The molecule has 0 bridgehead atoms. The van der Waals surface area contributed by atoms with Gasteiger partial charge < -0.3 is 10.2 Å². The van der Waals surface area contributed by atoms with E-state index in [1.54, 1.807) is 30.3 Å². The number of H-pyrrole nitrogens is 1. The molecule has 2 aromatic heterocycles. The number of aromatic nitrogens is 4. The zero-order valence-corrected chi connectivity index (χ0v) is 19.8. The van der Waals surface area contributed by atoms with E-state index < -0.39 is 23.8 Å². The largest absolute Gasteiger partial charge is 0.395 e. The van der Waals surface area contributed by atoms with Crippen molar-refractivity contribution in [2.75, 3.05) is 23.3 Å². The summed E-state index contributed by atoms with van der Waals surface area (Å²) in [5, 5.41) is 20.0. The molecule has 0 radical (unpaired) electrons. The molecular weight excluding hydrogens is 479 g/mol. The van der Waals surface area contributed by atoms with Crippen LogP contribution in [0.1, 0.15) is 24.6 Å². The van der Waals surface area contributed by atoms with E-state index in [1.165, 1.54) is 11.8 Å². The van der Waals surface area contributed by atoms with Gasteiger partial charge in [-0.1, -0.05) is 12.1 Å². The fraction of sp³-hybridized carbons (Fsp3) is 0.348. The molecule has 1 aliphatic heterocycles. The molecular formula is C23H22F3N7OS. The van der Waals surface area contributed by atoms with Gasteiger partial charge in [0.2, 0.25) is 0 Å². The molecule has 0 aliphatic carbocycles. The van der Waals surface area contributed by atoms with E-state index in [0.717, 1.165) is 10.6 Å². The monoisotopic (exact) mass is 501 g/mol. The Bertz CT molecular complexity index is 1260. The van der Waals surface area contributed by atoms with Gasteiger partial charge in [-0.15, -0.1) is 0 Å². The minimum atomic E-state index is -4.50. The number of halogens is 3. The third-order valence-corrected chi connectivity index (χ3v) is 6.13. The van der Waals surface area contributed by atoms with Crippen LogP contribution in [0.2, 0.25) is 0 Å². The average molecular weight is 502 g/mol. The Morgan fingerprint density at radius 1 is 1.23 bits per heavy atom. The van der Waals surface area contributed by atoms with Crippen molar-refractivity contribution in [3.8, 4) is 6.07 Å². The van der Waals surface area contributed by atoms with Gasteiger partial charge in [-0.25, -0.2) is 9.97 Å². The molecule has 3 heterocycles. The molecule has 12 heteroatoms. The van der Waals surface area contributed by atoms with Gasteiger partial charge in [0.25, 0.3) is 0 Å². The fourth-order valence-corrected chi connectivity index (χ4v) is 4.39. The van der Waals surface area contributed by atoms with E-state index in [9.17, 15) is 23.2 Å². The summed E-state index contributed by atoms with van der Waals surface area (Å²) in [5.41, 5.74) is 0.966. The first-order valence-corrected chi connectivity index (χ1v) is 11.5. The second-order valence-electron chi connectivity index (χ2n) is 8.74. The lowest BCUT2D eigenvalue weighted by Gasteiger charge is -2.44. The van der Waals surface area contributed by atoms with Gasteiger partial charge in [0.05, 0.1) is 11.5 Å². The molecule has 0 amide bonds. The Balaban J connectivity index is 1.51. The number of nitrogens with one attached hydrogen (secondary N) is 2. The molecule has 2 N–H and O–H groups in total. The summed E-state index contributed by atoms with van der Waals surface area (Å²) in [4.78, 5) is 23.6. The maximum absolute atomic E-state index is 12.4. The molecule has 0 spiro atoms. The van der Waals surface area contributed by atoms with Gasteiger partial charge in [-0.2, -0.15) is 23.5 Å². The average Bonchev–Trinajstić information content (AvgIpc) is 3.15. The molecule has 4 rings (SSSR count). The highest BCUT2D eigenvalue weighted by Crippen LogP contribution is 2.35. The number of ketones is 1. The van der Waals surface area contributed by atoms with Gasteiger partial charge in [0, 0.05) is 42.2 Å². The molecule has 1 fully saturated rings. The van der Waals surface area contributed by atoms with Crippen LogP contribution < -0.4 is 10.2 Å². The normalized spacial score (nSPS) is 14.8. The van der Waals surface area contributed by atoms with Crippen LogP contribution in [0.5, 0.6) is 0 Å². The van der Waals surface area contributed by atoms with Crippen LogP contribution in [0.15, 0.2) is 46.5 Å². The zero-order chi connectivity index (χ0) is 25.2. The number of hydrogen-bond donors (Lipinski definition) is 2. The number of aryl methyl sites for hydroxylation is 1. The Hall–Kier alpha value is -3.59. The predicted octanol–water partition coefficient (Wildman–Crippen LogP) is 4.82. The Kier molecular flexibility index (Phi) is 6.71. The van der Waals surface area contributed by atoms with E-state index in [1.807, 2.05) is 24.8 Å². The second kappa shape index (κ2) is 9.58. The van der Waals surface area contributed by atoms with Crippen LogP contribution in [0.4, 0.5) is 30.6 Å². The molecule has 8 nitrogen and oxygen atoms in total. The first-order chi connectivity index (χ1) is 16.5. The summed E-state index contributed by atoms with van der Waals surface area (Å²) in [6, 6.07) is 12.6. The maximum atomic E-state index is 12.4. The van der Waals surface area contributed by atoms with Crippen molar-refractivity contribution in [3.05, 3.63) is 47.7 Å². The summed E-state index contributed by atoms with van der Waals surface area (Å²) in [7, 11) is 0. The molecule has 1 aliphatic rings. The highest BCUT2D eigenvalue weighted by molar-refractivity contribution is 7.99. The molecule has 182 valence electrons. The van der Waals surface area contributed by atoms with E-state index >= 15 is 0 Å². The van der Waals surface area contributed by atoms with Crippen LogP contribution in [0.25, 0.3) is 0 Å². The Morgan fingerprint density at radius 3 is 2.54 bits per heavy atom. The van der Waals surface area contributed by atoms with Gasteiger partial charge in [-0.3, -0.25) is 9.89 Å². The SMILES string of the molecule is Cc1cc(Nc2cc(N3CC(C)(C#N)C3)nc(Sc3ccc(CC(=O)CC(F)(F)F)cc3)n2)n[nH]1. The topological polar surface area (TPSA) is 111 Å². The van der Waals surface area contributed by atoms with Crippen molar-refractivity contribution in [3.63, 3.8) is 0 Å². The summed E-state index contributed by atoms with van der Waals surface area (Å²) >= 11 is 1.28. The van der Waals surface area contributed by atoms with Crippen LogP contribution >= 0.6 is 11.8 Å². The van der Waals surface area contributed by atoms with E-state index in [4.69, 9.17) is 0 Å². The summed E-state index contributed by atoms with van der Waals surface area (Å²) in [6.45, 7) is 4.87. The van der Waals surface area contributed by atoms with Crippen molar-refractivity contribution in [2.24, 2.45) is 5.41 Å². The van der Waals surface area contributed by atoms with Gasteiger partial charge >= 0.3 is 6.18 Å². The lowest BCUT2D eigenvalue weighted by atomic mass is 9.84. The number of carbonyl (C=O) groups excluding carboxylic acids is 1. The van der Waals surface area contributed by atoms with Crippen molar-refractivity contribution in [1.82, 2.24) is 20.2 Å². The summed E-state index contributed by atoms with van der Waals surface area (Å²) in [6.07, 6.45) is -6.21. The van der Waals surface area contributed by atoms with Crippen molar-refractivity contribution in [1.29, 1.82) is 5.26 Å². The van der Waals surface area contributed by atoms with Gasteiger partial charge in [0.15, 0.2) is 11.0 Å². The lowest BCUT2D eigenvalue weighted by molar-refractivity contribution is -0.151. The van der Waals surface area contributed by atoms with E-state index in [2.05, 4.69) is 31.6 Å². The van der Waals surface area contributed by atoms with E-state index in [0.29, 0.717) is 41.3 Å². The molecule has 1 aromatic carbocycles. The van der Waals surface area contributed by atoms with Gasteiger partial charge in [0.1, 0.15) is 23.8 Å². The maximum Gasteiger partial charge on any atom is 0.395 e. The van der Waals surface area contributed by atoms with Crippen LogP contribution in [0.3, 0.4) is 0 Å². The predicted molar refractivity (Wildman–Crippen MR) is 125 cm³/mol. The molecule has 1 saturated heterocycles. The number of aromatic amines is 1. The number of rotatable bonds is 8. The van der Waals surface area contributed by atoms with Crippen LogP contribution in [0, 0.1) is 23.7 Å². The highest BCUT2D eigenvalue weighted by atomic mass is 32.2. The molecule has 3 aromatic rings. The minimum Gasteiger partial charge on any atom is -0.353 e. The second-order valence-corrected chi connectivity index (χ2v) is 9.78. The zero-order valence-electron chi connectivity index (χ0n) is 19.0. The molecule has 35 heavy (non-hydrogen) atoms. The summed E-state index contributed by atoms with van der Waals surface area (Å²) in [5.74, 6) is 0.918. The minimum absolute atomic E-state index is 0.278. The quantitative estimate of drug-likeness (QED) is 0.423.